The molecule has 2 aliphatic rings. The highest BCUT2D eigenvalue weighted by atomic mass is 19.1. The van der Waals surface area contributed by atoms with Crippen molar-refractivity contribution in [2.45, 2.75) is 83.6 Å². The highest BCUT2D eigenvalue weighted by Crippen LogP contribution is 2.45. The van der Waals surface area contributed by atoms with Crippen LogP contribution in [0.2, 0.25) is 0 Å². The average molecular weight is 546 g/mol. The molecule has 3 aromatic carbocycles. The quantitative estimate of drug-likeness (QED) is 0.275. The van der Waals surface area contributed by atoms with Crippen LogP contribution in [0.1, 0.15) is 85.5 Å². The van der Waals surface area contributed by atoms with Gasteiger partial charge in [0.05, 0.1) is 5.56 Å². The van der Waals surface area contributed by atoms with Crippen LogP contribution < -0.4 is 10.1 Å². The zero-order chi connectivity index (χ0) is 28.1. The summed E-state index contributed by atoms with van der Waals surface area (Å²) in [4.78, 5) is 13.2. The van der Waals surface area contributed by atoms with E-state index in [0.29, 0.717) is 19.1 Å². The van der Waals surface area contributed by atoms with Gasteiger partial charge in [0.1, 0.15) is 23.3 Å². The Kier molecular flexibility index (Phi) is 8.75. The van der Waals surface area contributed by atoms with Gasteiger partial charge < -0.3 is 19.5 Å². The zero-order valence-corrected chi connectivity index (χ0v) is 23.8. The Labute approximate surface area is 237 Å². The summed E-state index contributed by atoms with van der Waals surface area (Å²) in [5.41, 5.74) is 3.66. The lowest BCUT2D eigenvalue weighted by Crippen LogP contribution is -2.51. The Hall–Kier alpha value is -3.38. The molecule has 5 nitrogen and oxygen atoms in total. The molecular formula is C34H40FNO4. The molecule has 1 aliphatic carbocycles. The third-order valence-electron chi connectivity index (χ3n) is 8.13. The van der Waals surface area contributed by atoms with Crippen molar-refractivity contribution in [1.82, 2.24) is 0 Å². The number of carbonyl (C=O) groups excluding carboxylic acids is 1. The van der Waals surface area contributed by atoms with Crippen molar-refractivity contribution in [2.75, 3.05) is 11.9 Å². The second-order valence-corrected chi connectivity index (χ2v) is 11.7. The minimum atomic E-state index is -0.838. The molecule has 212 valence electrons. The molecule has 40 heavy (non-hydrogen) atoms. The molecule has 0 radical (unpaired) electrons. The number of rotatable bonds is 9. The second-order valence-electron chi connectivity index (χ2n) is 11.7. The molecule has 1 fully saturated rings. The van der Waals surface area contributed by atoms with Crippen molar-refractivity contribution in [1.29, 1.82) is 0 Å². The van der Waals surface area contributed by atoms with E-state index >= 15 is 0 Å². The molecule has 2 unspecified atom stereocenters. The van der Waals surface area contributed by atoms with E-state index in [9.17, 15) is 9.18 Å². The Bertz CT molecular complexity index is 1280. The number of carbonyl (C=O) groups is 1. The molecule has 3 aromatic rings. The van der Waals surface area contributed by atoms with Gasteiger partial charge in [-0.05, 0) is 81.1 Å². The molecule has 1 aliphatic heterocycles. The predicted molar refractivity (Wildman–Crippen MR) is 155 cm³/mol. The summed E-state index contributed by atoms with van der Waals surface area (Å²) in [5, 5.41) is 3.51. The van der Waals surface area contributed by atoms with E-state index in [1.165, 1.54) is 67.5 Å². The number of hydrogen-bond acceptors (Lipinski definition) is 5. The molecule has 1 saturated carbocycles. The zero-order valence-electron chi connectivity index (χ0n) is 23.8. The van der Waals surface area contributed by atoms with E-state index in [1.807, 2.05) is 32.0 Å². The summed E-state index contributed by atoms with van der Waals surface area (Å²) < 4.78 is 32.6. The third-order valence-corrected chi connectivity index (χ3v) is 8.13. The summed E-state index contributed by atoms with van der Waals surface area (Å²) in [6.07, 6.45) is 6.15. The average Bonchev–Trinajstić information content (AvgIpc) is 2.95. The van der Waals surface area contributed by atoms with Crippen molar-refractivity contribution in [3.05, 3.63) is 94.8 Å². The van der Waals surface area contributed by atoms with Crippen LogP contribution in [0.3, 0.4) is 0 Å². The lowest BCUT2D eigenvalue weighted by atomic mass is 9.86. The van der Waals surface area contributed by atoms with Crippen molar-refractivity contribution in [3.8, 4) is 5.75 Å². The minimum Gasteiger partial charge on any atom is -0.483 e. The fourth-order valence-electron chi connectivity index (χ4n) is 5.74. The topological polar surface area (TPSA) is 56.8 Å². The smallest absolute Gasteiger partial charge is 0.338 e. The SMILES string of the molecule is Cc1ccc(CNc2ccc3c(c2)C(OCCC2CCCCC2)C(OC(=O)c2ccc(F)cc2)C(C)(C)O3)cc1. The van der Waals surface area contributed by atoms with Crippen LogP contribution in [-0.2, 0) is 16.0 Å². The second kappa shape index (κ2) is 12.4. The van der Waals surface area contributed by atoms with E-state index < -0.39 is 29.6 Å². The van der Waals surface area contributed by atoms with Crippen molar-refractivity contribution >= 4 is 11.7 Å². The Morgan fingerprint density at radius 3 is 2.45 bits per heavy atom. The van der Waals surface area contributed by atoms with E-state index in [-0.39, 0.29) is 5.56 Å². The van der Waals surface area contributed by atoms with Gasteiger partial charge >= 0.3 is 5.97 Å². The standard InChI is InChI=1S/C34H40FNO4/c1-23-9-11-25(12-10-23)22-36-28-17-18-30-29(21-28)31(38-20-19-24-7-5-4-6-8-24)32(34(2,3)40-30)39-33(37)26-13-15-27(35)16-14-26/h9-18,21,24,31-32,36H,4-8,19-20,22H2,1-3H3. The van der Waals surface area contributed by atoms with E-state index in [1.54, 1.807) is 0 Å². The van der Waals surface area contributed by atoms with E-state index in [2.05, 4.69) is 36.5 Å². The van der Waals surface area contributed by atoms with Gasteiger partial charge in [-0.1, -0.05) is 61.9 Å². The normalized spacial score (nSPS) is 20.3. The minimum absolute atomic E-state index is 0.289. The Morgan fingerprint density at radius 1 is 1.00 bits per heavy atom. The van der Waals surface area contributed by atoms with Gasteiger partial charge in [-0.2, -0.15) is 0 Å². The van der Waals surface area contributed by atoms with E-state index in [0.717, 1.165) is 23.4 Å². The van der Waals surface area contributed by atoms with Gasteiger partial charge in [0.2, 0.25) is 0 Å². The highest BCUT2D eigenvalue weighted by molar-refractivity contribution is 5.89. The number of halogens is 1. The lowest BCUT2D eigenvalue weighted by Gasteiger charge is -2.44. The number of benzene rings is 3. The number of ether oxygens (including phenoxy) is 3. The Balaban J connectivity index is 1.39. The third kappa shape index (κ3) is 6.84. The van der Waals surface area contributed by atoms with Gasteiger partial charge in [0.25, 0.3) is 0 Å². The first-order valence-electron chi connectivity index (χ1n) is 14.5. The first-order valence-corrected chi connectivity index (χ1v) is 14.5. The maximum Gasteiger partial charge on any atom is 0.338 e. The number of fused-ring (bicyclic) bond motifs is 1. The van der Waals surface area contributed by atoms with Gasteiger partial charge in [0, 0.05) is 24.4 Å². The fraction of sp³-hybridized carbons (Fsp3) is 0.441. The van der Waals surface area contributed by atoms with Crippen LogP contribution in [0.4, 0.5) is 10.1 Å². The molecule has 0 amide bonds. The van der Waals surface area contributed by atoms with Gasteiger partial charge in [-0.3, -0.25) is 0 Å². The number of esters is 1. The monoisotopic (exact) mass is 545 g/mol. The maximum absolute atomic E-state index is 13.5. The summed E-state index contributed by atoms with van der Waals surface area (Å²) in [6.45, 7) is 7.17. The number of hydrogen-bond donors (Lipinski definition) is 1. The van der Waals surface area contributed by atoms with E-state index in [4.69, 9.17) is 14.2 Å². The summed E-state index contributed by atoms with van der Waals surface area (Å²) in [5.74, 6) is 0.465. The van der Waals surface area contributed by atoms with Crippen LogP contribution in [0.15, 0.2) is 66.7 Å². The molecule has 0 aromatic heterocycles. The summed E-state index contributed by atoms with van der Waals surface area (Å²) >= 11 is 0. The molecule has 0 bridgehead atoms. The van der Waals surface area contributed by atoms with Gasteiger partial charge in [0.15, 0.2) is 6.10 Å². The molecule has 2 atom stereocenters. The summed E-state index contributed by atoms with van der Waals surface area (Å²) in [6, 6.07) is 19.9. The lowest BCUT2D eigenvalue weighted by molar-refractivity contribution is -0.141. The molecule has 1 N–H and O–H groups in total. The van der Waals surface area contributed by atoms with Crippen LogP contribution in [0.25, 0.3) is 0 Å². The first-order chi connectivity index (χ1) is 19.3. The molecular weight excluding hydrogens is 505 g/mol. The Morgan fingerprint density at radius 2 is 1.73 bits per heavy atom. The summed E-state index contributed by atoms with van der Waals surface area (Å²) in [7, 11) is 0. The van der Waals surface area contributed by atoms with Crippen molar-refractivity contribution < 1.29 is 23.4 Å². The number of nitrogens with one attached hydrogen (secondary N) is 1. The molecule has 5 rings (SSSR count). The largest absolute Gasteiger partial charge is 0.483 e. The van der Waals surface area contributed by atoms with Crippen LogP contribution in [0, 0.1) is 18.7 Å². The van der Waals surface area contributed by atoms with Crippen LogP contribution >= 0.6 is 0 Å². The molecule has 0 saturated heterocycles. The van der Waals surface area contributed by atoms with Crippen molar-refractivity contribution in [3.63, 3.8) is 0 Å². The molecule has 6 heteroatoms. The van der Waals surface area contributed by atoms with Crippen molar-refractivity contribution in [2.24, 2.45) is 5.92 Å². The van der Waals surface area contributed by atoms with Gasteiger partial charge in [-0.15, -0.1) is 0 Å². The number of anilines is 1. The molecule has 0 spiro atoms. The predicted octanol–water partition coefficient (Wildman–Crippen LogP) is 8.17. The highest BCUT2D eigenvalue weighted by Gasteiger charge is 2.47. The van der Waals surface area contributed by atoms with Crippen LogP contribution in [-0.4, -0.2) is 24.3 Å². The fourth-order valence-corrected chi connectivity index (χ4v) is 5.74. The van der Waals surface area contributed by atoms with Gasteiger partial charge in [-0.25, -0.2) is 9.18 Å². The maximum atomic E-state index is 13.5. The first kappa shape index (κ1) is 28.2. The molecule has 1 heterocycles. The number of aryl methyl sites for hydroxylation is 1. The van der Waals surface area contributed by atoms with Crippen LogP contribution in [0.5, 0.6) is 5.75 Å².